The minimum atomic E-state index is -0.431. The molecule has 3 aromatic rings. The van der Waals surface area contributed by atoms with Crippen LogP contribution in [0.2, 0.25) is 0 Å². The first-order valence-corrected chi connectivity index (χ1v) is 9.81. The number of carbonyl (C=O) groups is 1. The van der Waals surface area contributed by atoms with Crippen molar-refractivity contribution in [1.29, 1.82) is 0 Å². The summed E-state index contributed by atoms with van der Waals surface area (Å²) in [4.78, 5) is 26.3. The molecule has 0 radical (unpaired) electrons. The van der Waals surface area contributed by atoms with E-state index in [0.29, 0.717) is 25.0 Å². The molecular weight excluding hydrogens is 382 g/mol. The zero-order valence-corrected chi connectivity index (χ0v) is 16.9. The van der Waals surface area contributed by atoms with E-state index in [1.807, 2.05) is 68.4 Å². The third-order valence-corrected chi connectivity index (χ3v) is 4.80. The lowest BCUT2D eigenvalue weighted by atomic mass is 10.1. The second kappa shape index (κ2) is 8.77. The quantitative estimate of drug-likeness (QED) is 0.628. The van der Waals surface area contributed by atoms with Gasteiger partial charge in [0.15, 0.2) is 0 Å². The number of nitrogens with zero attached hydrogens (tertiary/aromatic N) is 4. The highest BCUT2D eigenvalue weighted by atomic mass is 16.6. The molecule has 1 N–H and O–H groups in total. The van der Waals surface area contributed by atoms with E-state index in [4.69, 9.17) is 9.47 Å². The Hall–Kier alpha value is -3.68. The topological polar surface area (TPSA) is 89.5 Å². The van der Waals surface area contributed by atoms with E-state index in [2.05, 4.69) is 20.3 Å². The lowest BCUT2D eigenvalue weighted by Crippen LogP contribution is -2.38. The zero-order valence-electron chi connectivity index (χ0n) is 16.9. The highest BCUT2D eigenvalue weighted by Crippen LogP contribution is 2.25. The van der Waals surface area contributed by atoms with Crippen LogP contribution < -0.4 is 15.0 Å². The fraction of sp³-hybridized carbons (Fsp3) is 0.273. The van der Waals surface area contributed by atoms with Crippen molar-refractivity contribution in [3.8, 4) is 11.5 Å². The Bertz CT molecular complexity index is 995. The molecule has 30 heavy (non-hydrogen) atoms. The number of amides is 1. The molecule has 1 fully saturated rings. The fourth-order valence-electron chi connectivity index (χ4n) is 3.13. The van der Waals surface area contributed by atoms with E-state index in [9.17, 15) is 4.79 Å². The van der Waals surface area contributed by atoms with Crippen LogP contribution in [-0.2, 0) is 11.3 Å². The maximum Gasteiger partial charge on any atom is 0.417 e. The van der Waals surface area contributed by atoms with Gasteiger partial charge in [0.25, 0.3) is 0 Å². The highest BCUT2D eigenvalue weighted by molar-refractivity contribution is 5.88. The molecule has 2 aromatic carbocycles. The molecule has 8 heteroatoms. The van der Waals surface area contributed by atoms with Crippen molar-refractivity contribution in [2.75, 3.05) is 16.8 Å². The van der Waals surface area contributed by atoms with Gasteiger partial charge in [0.05, 0.1) is 6.04 Å². The summed E-state index contributed by atoms with van der Waals surface area (Å²) in [6.45, 7) is 4.92. The number of hydrogen-bond donors (Lipinski definition) is 1. The molecule has 8 nitrogen and oxygen atoms in total. The molecule has 1 aliphatic rings. The molecule has 4 rings (SSSR count). The number of carbonyl (C=O) groups excluding carboxylic acids is 1. The Balaban J connectivity index is 1.39. The van der Waals surface area contributed by atoms with E-state index < -0.39 is 6.09 Å². The first-order chi connectivity index (χ1) is 14.6. The van der Waals surface area contributed by atoms with E-state index in [1.54, 1.807) is 0 Å². The Labute approximate surface area is 174 Å². The standard InChI is InChI=1S/C22H23N5O3/c1-15(2)19-13-29-22(28)27(19)21-25-14-24-20(26-21)23-12-16-8-10-18(11-9-16)30-17-6-4-3-5-7-17/h3-11,14-15,19H,12-13H2,1-2H3,(H,23,24,25,26)/t19-/m1/s1. The van der Waals surface area contributed by atoms with Crippen LogP contribution in [0.4, 0.5) is 16.7 Å². The van der Waals surface area contributed by atoms with Gasteiger partial charge >= 0.3 is 6.09 Å². The number of rotatable bonds is 7. The Kier molecular flexibility index (Phi) is 5.74. The van der Waals surface area contributed by atoms with Gasteiger partial charge in [-0.25, -0.2) is 19.7 Å². The van der Waals surface area contributed by atoms with E-state index >= 15 is 0 Å². The Morgan fingerprint density at radius 1 is 1.10 bits per heavy atom. The average molecular weight is 405 g/mol. The number of hydrogen-bond acceptors (Lipinski definition) is 7. The molecular formula is C22H23N5O3. The van der Waals surface area contributed by atoms with Gasteiger partial charge in [0, 0.05) is 6.54 Å². The van der Waals surface area contributed by atoms with Gasteiger partial charge in [-0.05, 0) is 35.7 Å². The second-order valence-electron chi connectivity index (χ2n) is 7.28. The zero-order chi connectivity index (χ0) is 20.9. The molecule has 1 atom stereocenters. The number of para-hydroxylation sites is 1. The van der Waals surface area contributed by atoms with Gasteiger partial charge in [-0.3, -0.25) is 0 Å². The number of aromatic nitrogens is 3. The van der Waals surface area contributed by atoms with Crippen LogP contribution in [-0.4, -0.2) is 33.7 Å². The van der Waals surface area contributed by atoms with Gasteiger partial charge in [-0.15, -0.1) is 0 Å². The van der Waals surface area contributed by atoms with Crippen molar-refractivity contribution < 1.29 is 14.3 Å². The van der Waals surface area contributed by atoms with Crippen LogP contribution >= 0.6 is 0 Å². The van der Waals surface area contributed by atoms with Crippen LogP contribution in [0, 0.1) is 5.92 Å². The van der Waals surface area contributed by atoms with E-state index in [-0.39, 0.29) is 12.0 Å². The maximum absolute atomic E-state index is 12.1. The third-order valence-electron chi connectivity index (χ3n) is 4.80. The first-order valence-electron chi connectivity index (χ1n) is 9.81. The van der Waals surface area contributed by atoms with Gasteiger partial charge in [0.1, 0.15) is 24.4 Å². The SMILES string of the molecule is CC(C)[C@H]1COC(=O)N1c1ncnc(NCc2ccc(Oc3ccccc3)cc2)n1. The third kappa shape index (κ3) is 4.48. The summed E-state index contributed by atoms with van der Waals surface area (Å²) in [5, 5.41) is 3.17. The first kappa shape index (κ1) is 19.6. The number of nitrogens with one attached hydrogen (secondary N) is 1. The fourth-order valence-corrected chi connectivity index (χ4v) is 3.13. The van der Waals surface area contributed by atoms with Crippen LogP contribution in [0.25, 0.3) is 0 Å². The second-order valence-corrected chi connectivity index (χ2v) is 7.28. The maximum atomic E-state index is 12.1. The van der Waals surface area contributed by atoms with Crippen LogP contribution in [0.15, 0.2) is 60.9 Å². The number of anilines is 2. The molecule has 0 bridgehead atoms. The van der Waals surface area contributed by atoms with E-state index in [0.717, 1.165) is 17.1 Å². The molecule has 154 valence electrons. The number of cyclic esters (lactones) is 1. The summed E-state index contributed by atoms with van der Waals surface area (Å²) >= 11 is 0. The Morgan fingerprint density at radius 3 is 2.57 bits per heavy atom. The molecule has 1 saturated heterocycles. The van der Waals surface area contributed by atoms with Crippen molar-refractivity contribution in [1.82, 2.24) is 15.0 Å². The highest BCUT2D eigenvalue weighted by Gasteiger charge is 2.38. The molecule has 0 spiro atoms. The number of benzene rings is 2. The summed E-state index contributed by atoms with van der Waals surface area (Å²) in [7, 11) is 0. The summed E-state index contributed by atoms with van der Waals surface area (Å²) in [5.74, 6) is 2.47. The molecule has 0 aliphatic carbocycles. The monoisotopic (exact) mass is 405 g/mol. The normalized spacial score (nSPS) is 15.9. The minimum absolute atomic E-state index is 0.0927. The van der Waals surface area contributed by atoms with Gasteiger partial charge in [-0.1, -0.05) is 44.2 Å². The summed E-state index contributed by atoms with van der Waals surface area (Å²) in [5.41, 5.74) is 1.04. The van der Waals surface area contributed by atoms with Gasteiger partial charge < -0.3 is 14.8 Å². The molecule has 2 heterocycles. The predicted octanol–water partition coefficient (Wildman–Crippen LogP) is 4.26. The molecule has 0 saturated carbocycles. The number of ether oxygens (including phenoxy) is 2. The smallest absolute Gasteiger partial charge is 0.417 e. The lowest BCUT2D eigenvalue weighted by Gasteiger charge is -2.22. The molecule has 1 aliphatic heterocycles. The molecule has 1 aromatic heterocycles. The summed E-state index contributed by atoms with van der Waals surface area (Å²) < 4.78 is 11.0. The largest absolute Gasteiger partial charge is 0.457 e. The van der Waals surface area contributed by atoms with E-state index in [1.165, 1.54) is 11.2 Å². The average Bonchev–Trinajstić information content (AvgIpc) is 3.16. The molecule has 1 amide bonds. The molecule has 0 unspecified atom stereocenters. The van der Waals surface area contributed by atoms with Crippen molar-refractivity contribution in [2.45, 2.75) is 26.4 Å². The van der Waals surface area contributed by atoms with Gasteiger partial charge in [0.2, 0.25) is 11.9 Å². The van der Waals surface area contributed by atoms with Crippen LogP contribution in [0.1, 0.15) is 19.4 Å². The van der Waals surface area contributed by atoms with Crippen LogP contribution in [0.3, 0.4) is 0 Å². The summed E-state index contributed by atoms with van der Waals surface area (Å²) in [6.07, 6.45) is 0.963. The van der Waals surface area contributed by atoms with Crippen molar-refractivity contribution in [3.05, 3.63) is 66.5 Å². The van der Waals surface area contributed by atoms with Crippen LogP contribution in [0.5, 0.6) is 11.5 Å². The minimum Gasteiger partial charge on any atom is -0.457 e. The summed E-state index contributed by atoms with van der Waals surface area (Å²) in [6, 6.07) is 17.3. The van der Waals surface area contributed by atoms with Crippen molar-refractivity contribution >= 4 is 18.0 Å². The van der Waals surface area contributed by atoms with Crippen molar-refractivity contribution in [3.63, 3.8) is 0 Å². The van der Waals surface area contributed by atoms with Gasteiger partial charge in [-0.2, -0.15) is 4.98 Å². The predicted molar refractivity (Wildman–Crippen MR) is 113 cm³/mol. The Morgan fingerprint density at radius 2 is 1.83 bits per heavy atom. The van der Waals surface area contributed by atoms with Crippen molar-refractivity contribution in [2.24, 2.45) is 5.92 Å². The lowest BCUT2D eigenvalue weighted by molar-refractivity contribution is 0.177.